The van der Waals surface area contributed by atoms with Crippen LogP contribution in [0, 0.1) is 0 Å². The summed E-state index contributed by atoms with van der Waals surface area (Å²) in [4.78, 5) is 14.1. The Kier molecular flexibility index (Phi) is 11.5. The molecule has 1 aliphatic rings. The lowest BCUT2D eigenvalue weighted by atomic mass is 10.1. The standard InChI is InChI=1S/C40H65N7O4Si3/c1-38(2,3)52(10,11)48-24-30-32(50-53(12,13)39(4,5)6)33(51-54(14,15)40(7,8)9)36(49-30)47-35-31(34(42)43-25-44-35)46-37(47)45-29-22-18-27(19-23-29)26-16-20-28(41)21-17-26/h16-23,25,30,32-33,36H,24,41H2,1-15H3,(H,45,46)(H2,42,43,44)/t30-,32-,33-,36-/m1/s1. The number of ether oxygens (including phenoxy) is 1. The normalized spacial score (nSPS) is 20.5. The molecule has 0 spiro atoms. The van der Waals surface area contributed by atoms with E-state index >= 15 is 0 Å². The number of nitrogens with one attached hydrogen (secondary N) is 1. The van der Waals surface area contributed by atoms with Crippen molar-refractivity contribution in [3.8, 4) is 11.1 Å². The fourth-order valence-corrected chi connectivity index (χ4v) is 9.28. The minimum atomic E-state index is -2.41. The molecule has 4 atom stereocenters. The van der Waals surface area contributed by atoms with E-state index in [0.717, 1.165) is 22.5 Å². The summed E-state index contributed by atoms with van der Waals surface area (Å²) in [6, 6.07) is 16.1. The highest BCUT2D eigenvalue weighted by Gasteiger charge is 2.55. The van der Waals surface area contributed by atoms with Crippen molar-refractivity contribution >= 4 is 59.3 Å². The van der Waals surface area contributed by atoms with Crippen LogP contribution in [0.2, 0.25) is 54.4 Å². The minimum absolute atomic E-state index is 0.0212. The van der Waals surface area contributed by atoms with Gasteiger partial charge in [-0.3, -0.25) is 4.57 Å². The van der Waals surface area contributed by atoms with E-state index in [0.29, 0.717) is 23.7 Å². The molecule has 0 amide bonds. The van der Waals surface area contributed by atoms with Gasteiger partial charge in [0.05, 0.1) is 6.61 Å². The van der Waals surface area contributed by atoms with E-state index in [9.17, 15) is 0 Å². The molecule has 5 rings (SSSR count). The average molecular weight is 792 g/mol. The first-order valence-corrected chi connectivity index (χ1v) is 27.8. The van der Waals surface area contributed by atoms with Crippen molar-refractivity contribution in [2.75, 3.05) is 23.4 Å². The molecule has 1 aliphatic heterocycles. The number of nitrogens with zero attached hydrogens (tertiary/aromatic N) is 4. The highest BCUT2D eigenvalue weighted by Crippen LogP contribution is 2.48. The molecule has 0 unspecified atom stereocenters. The molecule has 0 saturated carbocycles. The first kappa shape index (κ1) is 42.0. The highest BCUT2D eigenvalue weighted by molar-refractivity contribution is 6.75. The number of hydrogen-bond acceptors (Lipinski definition) is 10. The van der Waals surface area contributed by atoms with Crippen LogP contribution < -0.4 is 16.8 Å². The summed E-state index contributed by atoms with van der Waals surface area (Å²) in [6.07, 6.45) is -0.538. The molecule has 0 radical (unpaired) electrons. The number of imidazole rings is 1. The van der Waals surface area contributed by atoms with Crippen LogP contribution in [0.15, 0.2) is 54.9 Å². The summed E-state index contributed by atoms with van der Waals surface area (Å²) < 4.78 is 31.0. The highest BCUT2D eigenvalue weighted by atomic mass is 28.4. The van der Waals surface area contributed by atoms with Crippen LogP contribution in [-0.4, -0.2) is 69.4 Å². The largest absolute Gasteiger partial charge is 0.414 e. The Morgan fingerprint density at radius 2 is 1.20 bits per heavy atom. The number of fused-ring (bicyclic) bond motifs is 1. The van der Waals surface area contributed by atoms with Gasteiger partial charge in [0.2, 0.25) is 5.95 Å². The maximum Gasteiger partial charge on any atom is 0.212 e. The molecule has 1 fully saturated rings. The first-order chi connectivity index (χ1) is 24.7. The molecule has 0 bridgehead atoms. The van der Waals surface area contributed by atoms with E-state index < -0.39 is 49.5 Å². The predicted octanol–water partition coefficient (Wildman–Crippen LogP) is 10.1. The summed E-state index contributed by atoms with van der Waals surface area (Å²) in [5.74, 6) is 0.801. The third-order valence-corrected chi connectivity index (χ3v) is 25.8. The molecular formula is C40H65N7O4Si3. The van der Waals surface area contributed by atoms with Crippen LogP contribution in [-0.2, 0) is 18.0 Å². The summed E-state index contributed by atoms with van der Waals surface area (Å²) in [5.41, 5.74) is 17.2. The Labute approximate surface area is 326 Å². The zero-order valence-corrected chi connectivity index (χ0v) is 38.3. The van der Waals surface area contributed by atoms with Crippen molar-refractivity contribution in [3.63, 3.8) is 0 Å². The predicted molar refractivity (Wildman–Crippen MR) is 231 cm³/mol. The number of benzene rings is 2. The molecule has 2 aromatic carbocycles. The van der Waals surface area contributed by atoms with Crippen molar-refractivity contribution in [3.05, 3.63) is 54.9 Å². The second kappa shape index (κ2) is 14.8. The third-order valence-electron chi connectivity index (χ3n) is 12.3. The number of nitrogen functional groups attached to an aromatic ring is 2. The van der Waals surface area contributed by atoms with Gasteiger partial charge in [0.1, 0.15) is 24.6 Å². The van der Waals surface area contributed by atoms with Gasteiger partial charge in [0, 0.05) is 11.4 Å². The van der Waals surface area contributed by atoms with Gasteiger partial charge in [0.15, 0.2) is 48.2 Å². The molecule has 4 aromatic rings. The molecular weight excluding hydrogens is 727 g/mol. The number of hydrogen-bond donors (Lipinski definition) is 3. The van der Waals surface area contributed by atoms with Crippen molar-refractivity contribution in [1.82, 2.24) is 19.5 Å². The van der Waals surface area contributed by atoms with E-state index in [1.165, 1.54) is 6.33 Å². The molecule has 1 saturated heterocycles. The van der Waals surface area contributed by atoms with Crippen LogP contribution in [0.3, 0.4) is 0 Å². The third kappa shape index (κ3) is 8.64. The molecule has 54 heavy (non-hydrogen) atoms. The average Bonchev–Trinajstić information content (AvgIpc) is 3.56. The zero-order chi connectivity index (χ0) is 40.2. The van der Waals surface area contributed by atoms with Crippen LogP contribution in [0.25, 0.3) is 22.3 Å². The number of nitrogens with two attached hydrogens (primary N) is 2. The molecule has 296 valence electrons. The van der Waals surface area contributed by atoms with E-state index in [-0.39, 0.29) is 20.9 Å². The second-order valence-corrected chi connectivity index (χ2v) is 33.7. The lowest BCUT2D eigenvalue weighted by molar-refractivity contribution is -0.0460. The van der Waals surface area contributed by atoms with Gasteiger partial charge in [-0.15, -0.1) is 0 Å². The van der Waals surface area contributed by atoms with Crippen molar-refractivity contribution in [2.45, 2.75) is 141 Å². The maximum absolute atomic E-state index is 7.46. The number of aromatic nitrogens is 4. The summed E-state index contributed by atoms with van der Waals surface area (Å²) >= 11 is 0. The van der Waals surface area contributed by atoms with Gasteiger partial charge < -0.3 is 34.8 Å². The molecule has 11 nitrogen and oxygen atoms in total. The van der Waals surface area contributed by atoms with Crippen molar-refractivity contribution in [1.29, 1.82) is 0 Å². The van der Waals surface area contributed by atoms with Crippen LogP contribution in [0.5, 0.6) is 0 Å². The fraction of sp³-hybridized carbons (Fsp3) is 0.575. The summed E-state index contributed by atoms with van der Waals surface area (Å²) in [7, 11) is -6.93. The van der Waals surface area contributed by atoms with E-state index in [4.69, 9.17) is 39.5 Å². The molecule has 14 heteroatoms. The summed E-state index contributed by atoms with van der Waals surface area (Å²) in [5, 5.41) is 3.47. The Balaban J connectivity index is 1.65. The molecule has 0 aliphatic carbocycles. The first-order valence-electron chi connectivity index (χ1n) is 19.1. The van der Waals surface area contributed by atoms with Gasteiger partial charge in [-0.25, -0.2) is 15.0 Å². The second-order valence-electron chi connectivity index (χ2n) is 19.4. The Morgan fingerprint density at radius 1 is 0.704 bits per heavy atom. The summed E-state index contributed by atoms with van der Waals surface area (Å²) in [6.45, 7) is 34.4. The van der Waals surface area contributed by atoms with Gasteiger partial charge >= 0.3 is 0 Å². The minimum Gasteiger partial charge on any atom is -0.414 e. The topological polar surface area (TPSA) is 145 Å². The van der Waals surface area contributed by atoms with Gasteiger partial charge in [0.25, 0.3) is 0 Å². The quantitative estimate of drug-likeness (QED) is 0.0992. The van der Waals surface area contributed by atoms with E-state index in [1.54, 1.807) is 0 Å². The lowest BCUT2D eigenvalue weighted by Gasteiger charge is -2.44. The van der Waals surface area contributed by atoms with Crippen LogP contribution in [0.4, 0.5) is 23.1 Å². The van der Waals surface area contributed by atoms with E-state index in [1.807, 2.05) is 41.0 Å². The van der Waals surface area contributed by atoms with E-state index in [2.05, 4.69) is 124 Å². The van der Waals surface area contributed by atoms with Crippen LogP contribution >= 0.6 is 0 Å². The molecule has 3 heterocycles. The van der Waals surface area contributed by atoms with Crippen LogP contribution in [0.1, 0.15) is 68.5 Å². The van der Waals surface area contributed by atoms with Crippen molar-refractivity contribution < 1.29 is 18.0 Å². The Bertz CT molecular complexity index is 1910. The van der Waals surface area contributed by atoms with Gasteiger partial charge in [-0.05, 0) is 89.8 Å². The number of anilines is 4. The fourth-order valence-electron chi connectivity index (χ4n) is 5.66. The smallest absolute Gasteiger partial charge is 0.212 e. The van der Waals surface area contributed by atoms with Gasteiger partial charge in [-0.1, -0.05) is 86.6 Å². The Morgan fingerprint density at radius 3 is 1.72 bits per heavy atom. The van der Waals surface area contributed by atoms with Crippen molar-refractivity contribution in [2.24, 2.45) is 0 Å². The Hall–Kier alpha value is -3.12. The zero-order valence-electron chi connectivity index (χ0n) is 35.3. The lowest BCUT2D eigenvalue weighted by Crippen LogP contribution is -2.54. The molecule has 2 aromatic heterocycles. The molecule has 5 N–H and O–H groups in total. The van der Waals surface area contributed by atoms with Gasteiger partial charge in [-0.2, -0.15) is 0 Å². The SMILES string of the molecule is CC(C)(C)[Si](C)(C)OC[C@H]1O[C@@H](n2c(Nc3ccc(-c4ccc(N)cc4)cc3)nc3c(N)ncnc32)[C@H](O[Si](C)(C)C(C)(C)C)[C@@H]1O[Si](C)(C)C(C)(C)C. The maximum atomic E-state index is 7.46. The number of rotatable bonds is 11. The monoisotopic (exact) mass is 791 g/mol.